The Morgan fingerprint density at radius 1 is 1.16 bits per heavy atom. The van der Waals surface area contributed by atoms with Gasteiger partial charge in [0.05, 0.1) is 5.92 Å². The lowest BCUT2D eigenvalue weighted by atomic mass is 9.95. The number of anilines is 1. The van der Waals surface area contributed by atoms with Crippen LogP contribution in [0.25, 0.3) is 0 Å². The average molecular weight is 345 g/mol. The van der Waals surface area contributed by atoms with E-state index in [-0.39, 0.29) is 29.6 Å². The van der Waals surface area contributed by atoms with E-state index in [0.717, 1.165) is 18.5 Å². The Hall–Kier alpha value is -2.37. The van der Waals surface area contributed by atoms with E-state index in [0.29, 0.717) is 13.1 Å². The molecule has 1 aromatic carbocycles. The van der Waals surface area contributed by atoms with Crippen LogP contribution in [0.5, 0.6) is 0 Å². The summed E-state index contributed by atoms with van der Waals surface area (Å²) in [6.45, 7) is 6.23. The average Bonchev–Trinajstić information content (AvgIpc) is 2.59. The van der Waals surface area contributed by atoms with Gasteiger partial charge in [-0.2, -0.15) is 0 Å². The Bertz CT molecular complexity index is 616. The lowest BCUT2D eigenvalue weighted by Crippen LogP contribution is -2.54. The van der Waals surface area contributed by atoms with Crippen molar-refractivity contribution in [1.82, 2.24) is 10.2 Å². The number of carbonyl (C=O) groups is 3. The van der Waals surface area contributed by atoms with Crippen LogP contribution in [0.4, 0.5) is 5.69 Å². The van der Waals surface area contributed by atoms with Crippen LogP contribution in [-0.2, 0) is 14.4 Å². The molecule has 6 heteroatoms. The molecule has 0 aromatic heterocycles. The number of amides is 3. The summed E-state index contributed by atoms with van der Waals surface area (Å²) in [5.74, 6) is -0.632. The largest absolute Gasteiger partial charge is 0.344 e. The SMILES string of the molecule is CC(=O)N[C@@H](C(=O)N1CCC[C@H](C(=O)Nc2ccccc2)C1)C(C)C. The highest BCUT2D eigenvalue weighted by atomic mass is 16.2. The third-order valence-corrected chi connectivity index (χ3v) is 4.44. The van der Waals surface area contributed by atoms with Crippen LogP contribution in [0, 0.1) is 11.8 Å². The molecule has 25 heavy (non-hydrogen) atoms. The van der Waals surface area contributed by atoms with Crippen molar-refractivity contribution < 1.29 is 14.4 Å². The lowest BCUT2D eigenvalue weighted by molar-refractivity contribution is -0.140. The van der Waals surface area contributed by atoms with Crippen molar-refractivity contribution in [2.24, 2.45) is 11.8 Å². The molecule has 2 N–H and O–H groups in total. The van der Waals surface area contributed by atoms with Gasteiger partial charge in [-0.05, 0) is 30.9 Å². The van der Waals surface area contributed by atoms with E-state index in [1.54, 1.807) is 4.90 Å². The highest BCUT2D eigenvalue weighted by Crippen LogP contribution is 2.20. The van der Waals surface area contributed by atoms with Crippen LogP contribution in [0.3, 0.4) is 0 Å². The number of benzene rings is 1. The molecule has 1 saturated heterocycles. The van der Waals surface area contributed by atoms with Gasteiger partial charge >= 0.3 is 0 Å². The minimum absolute atomic E-state index is 0.00470. The number of carbonyl (C=O) groups excluding carboxylic acids is 3. The van der Waals surface area contributed by atoms with E-state index in [9.17, 15) is 14.4 Å². The molecule has 0 aliphatic carbocycles. The molecule has 0 bridgehead atoms. The van der Waals surface area contributed by atoms with Crippen LogP contribution in [0.15, 0.2) is 30.3 Å². The van der Waals surface area contributed by atoms with Crippen molar-refractivity contribution in [3.8, 4) is 0 Å². The summed E-state index contributed by atoms with van der Waals surface area (Å²) in [6, 6.07) is 8.77. The van der Waals surface area contributed by atoms with Gasteiger partial charge in [0.2, 0.25) is 17.7 Å². The summed E-state index contributed by atoms with van der Waals surface area (Å²) in [5.41, 5.74) is 0.759. The highest BCUT2D eigenvalue weighted by molar-refractivity contribution is 5.93. The number of nitrogens with zero attached hydrogens (tertiary/aromatic N) is 1. The summed E-state index contributed by atoms with van der Waals surface area (Å²) in [4.78, 5) is 38.4. The van der Waals surface area contributed by atoms with Gasteiger partial charge in [-0.1, -0.05) is 32.0 Å². The normalized spacial score (nSPS) is 18.6. The van der Waals surface area contributed by atoms with E-state index in [1.165, 1.54) is 6.92 Å². The molecule has 1 aliphatic heterocycles. The number of para-hydroxylation sites is 1. The Kier molecular flexibility index (Phi) is 6.56. The fraction of sp³-hybridized carbons (Fsp3) is 0.526. The van der Waals surface area contributed by atoms with E-state index in [2.05, 4.69) is 10.6 Å². The first-order chi connectivity index (χ1) is 11.9. The quantitative estimate of drug-likeness (QED) is 0.857. The monoisotopic (exact) mass is 345 g/mol. The maximum absolute atomic E-state index is 12.8. The summed E-state index contributed by atoms with van der Waals surface area (Å²) in [6.07, 6.45) is 1.54. The van der Waals surface area contributed by atoms with Crippen molar-refractivity contribution in [2.45, 2.75) is 39.7 Å². The second-order valence-electron chi connectivity index (χ2n) is 6.90. The summed E-state index contributed by atoms with van der Waals surface area (Å²) in [7, 11) is 0. The molecule has 0 unspecified atom stereocenters. The molecule has 2 rings (SSSR count). The second kappa shape index (κ2) is 8.65. The number of likely N-dealkylation sites (tertiary alicyclic amines) is 1. The molecule has 2 atom stereocenters. The first-order valence-electron chi connectivity index (χ1n) is 8.80. The predicted octanol–water partition coefficient (Wildman–Crippen LogP) is 2.02. The van der Waals surface area contributed by atoms with Crippen molar-refractivity contribution in [2.75, 3.05) is 18.4 Å². The molecule has 1 aliphatic rings. The van der Waals surface area contributed by atoms with Crippen LogP contribution < -0.4 is 10.6 Å². The first-order valence-corrected chi connectivity index (χ1v) is 8.80. The number of hydrogen-bond acceptors (Lipinski definition) is 3. The van der Waals surface area contributed by atoms with Gasteiger partial charge in [-0.25, -0.2) is 0 Å². The van der Waals surface area contributed by atoms with Gasteiger partial charge in [-0.15, -0.1) is 0 Å². The third-order valence-electron chi connectivity index (χ3n) is 4.44. The molecule has 1 fully saturated rings. The third kappa shape index (κ3) is 5.31. The van der Waals surface area contributed by atoms with Gasteiger partial charge < -0.3 is 15.5 Å². The van der Waals surface area contributed by atoms with Gasteiger partial charge in [0.25, 0.3) is 0 Å². The fourth-order valence-electron chi connectivity index (χ4n) is 3.09. The topological polar surface area (TPSA) is 78.5 Å². The molecular weight excluding hydrogens is 318 g/mol. The Morgan fingerprint density at radius 3 is 2.44 bits per heavy atom. The molecule has 0 saturated carbocycles. The lowest BCUT2D eigenvalue weighted by Gasteiger charge is -2.35. The van der Waals surface area contributed by atoms with Gasteiger partial charge in [0.15, 0.2) is 0 Å². The van der Waals surface area contributed by atoms with Crippen LogP contribution in [0.1, 0.15) is 33.6 Å². The zero-order valence-electron chi connectivity index (χ0n) is 15.1. The number of nitrogens with one attached hydrogen (secondary N) is 2. The number of piperidine rings is 1. The predicted molar refractivity (Wildman–Crippen MR) is 96.8 cm³/mol. The van der Waals surface area contributed by atoms with Crippen molar-refractivity contribution in [3.05, 3.63) is 30.3 Å². The van der Waals surface area contributed by atoms with E-state index in [4.69, 9.17) is 0 Å². The summed E-state index contributed by atoms with van der Waals surface area (Å²) < 4.78 is 0. The molecular formula is C19H27N3O3. The highest BCUT2D eigenvalue weighted by Gasteiger charge is 2.33. The molecule has 0 radical (unpaired) electrons. The van der Waals surface area contributed by atoms with Crippen LogP contribution in [-0.4, -0.2) is 41.8 Å². The van der Waals surface area contributed by atoms with Crippen LogP contribution >= 0.6 is 0 Å². The minimum atomic E-state index is -0.548. The fourth-order valence-corrected chi connectivity index (χ4v) is 3.09. The molecule has 3 amide bonds. The van der Waals surface area contributed by atoms with E-state index >= 15 is 0 Å². The molecule has 136 valence electrons. The summed E-state index contributed by atoms with van der Waals surface area (Å²) >= 11 is 0. The molecule has 0 spiro atoms. The molecule has 1 aromatic rings. The molecule has 6 nitrogen and oxygen atoms in total. The Labute approximate surface area is 149 Å². The Morgan fingerprint density at radius 2 is 1.84 bits per heavy atom. The molecule has 1 heterocycles. The van der Waals surface area contributed by atoms with Gasteiger partial charge in [0.1, 0.15) is 6.04 Å². The number of rotatable bonds is 5. The second-order valence-corrected chi connectivity index (χ2v) is 6.90. The van der Waals surface area contributed by atoms with Crippen LogP contribution in [0.2, 0.25) is 0 Å². The first kappa shape index (κ1) is 19.0. The zero-order valence-corrected chi connectivity index (χ0v) is 15.1. The minimum Gasteiger partial charge on any atom is -0.344 e. The van der Waals surface area contributed by atoms with Gasteiger partial charge in [-0.3, -0.25) is 14.4 Å². The summed E-state index contributed by atoms with van der Waals surface area (Å²) in [5, 5.41) is 5.64. The van der Waals surface area contributed by atoms with Crippen molar-refractivity contribution >= 4 is 23.4 Å². The van der Waals surface area contributed by atoms with Gasteiger partial charge in [0, 0.05) is 25.7 Å². The maximum Gasteiger partial charge on any atom is 0.245 e. The van der Waals surface area contributed by atoms with Crippen molar-refractivity contribution in [1.29, 1.82) is 0 Å². The Balaban J connectivity index is 2.00. The standard InChI is InChI=1S/C19H27N3O3/c1-13(2)17(20-14(3)23)19(25)22-11-7-8-15(12-22)18(24)21-16-9-5-4-6-10-16/h4-6,9-10,13,15,17H,7-8,11-12H2,1-3H3,(H,20,23)(H,21,24)/t15-,17+/m0/s1. The smallest absolute Gasteiger partial charge is 0.245 e. The zero-order chi connectivity index (χ0) is 18.4. The number of hydrogen-bond donors (Lipinski definition) is 2. The van der Waals surface area contributed by atoms with Crippen molar-refractivity contribution in [3.63, 3.8) is 0 Å². The van der Waals surface area contributed by atoms with E-state index < -0.39 is 6.04 Å². The van der Waals surface area contributed by atoms with E-state index in [1.807, 2.05) is 44.2 Å². The maximum atomic E-state index is 12.8.